The minimum Gasteiger partial charge on any atom is -0.465 e. The molecule has 0 unspecified atom stereocenters. The second-order valence-corrected chi connectivity index (χ2v) is 6.71. The first-order valence-electron chi connectivity index (χ1n) is 8.13. The van der Waals surface area contributed by atoms with Gasteiger partial charge in [0.05, 0.1) is 16.6 Å². The highest BCUT2D eigenvalue weighted by atomic mass is 35.5. The van der Waals surface area contributed by atoms with Gasteiger partial charge in [-0.05, 0) is 31.4 Å². The lowest BCUT2D eigenvalue weighted by Crippen LogP contribution is -2.47. The van der Waals surface area contributed by atoms with Crippen LogP contribution in [0.15, 0.2) is 24.3 Å². The van der Waals surface area contributed by atoms with E-state index in [1.165, 1.54) is 4.90 Å². The quantitative estimate of drug-likeness (QED) is 0.919. The molecule has 0 aromatic heterocycles. The van der Waals surface area contributed by atoms with E-state index >= 15 is 0 Å². The lowest BCUT2D eigenvalue weighted by Gasteiger charge is -2.34. The zero-order chi connectivity index (χ0) is 16.4. The normalized spacial score (nSPS) is 21.6. The smallest absolute Gasteiger partial charge is 0.407 e. The van der Waals surface area contributed by atoms with Crippen molar-refractivity contribution in [1.29, 1.82) is 0 Å². The summed E-state index contributed by atoms with van der Waals surface area (Å²) in [4.78, 5) is 27.6. The fraction of sp³-hybridized carbons (Fsp3) is 0.529. The first-order valence-corrected chi connectivity index (χ1v) is 8.51. The summed E-state index contributed by atoms with van der Waals surface area (Å²) < 4.78 is 0. The van der Waals surface area contributed by atoms with E-state index < -0.39 is 6.09 Å². The summed E-state index contributed by atoms with van der Waals surface area (Å²) in [6.45, 7) is 0.876. The molecule has 1 heterocycles. The van der Waals surface area contributed by atoms with E-state index in [1.807, 2.05) is 11.0 Å². The van der Waals surface area contributed by atoms with Crippen LogP contribution < -0.4 is 0 Å². The summed E-state index contributed by atoms with van der Waals surface area (Å²) in [5.74, 6) is -0.0697. The van der Waals surface area contributed by atoms with Gasteiger partial charge < -0.3 is 14.9 Å². The molecule has 0 spiro atoms. The van der Waals surface area contributed by atoms with Gasteiger partial charge >= 0.3 is 6.09 Å². The number of rotatable bonds is 3. The summed E-state index contributed by atoms with van der Waals surface area (Å²) >= 11 is 6.20. The van der Waals surface area contributed by atoms with E-state index in [9.17, 15) is 14.7 Å². The van der Waals surface area contributed by atoms with Crippen LogP contribution in [0.1, 0.15) is 42.5 Å². The Hall–Kier alpha value is -1.75. The molecule has 0 radical (unpaired) electrons. The molecule has 23 heavy (non-hydrogen) atoms. The Labute approximate surface area is 140 Å². The predicted octanol–water partition coefficient (Wildman–Crippen LogP) is 3.48. The van der Waals surface area contributed by atoms with Crippen molar-refractivity contribution in [3.05, 3.63) is 34.9 Å². The van der Waals surface area contributed by atoms with Gasteiger partial charge in [-0.2, -0.15) is 0 Å². The minimum absolute atomic E-state index is 0.0574. The van der Waals surface area contributed by atoms with Crippen molar-refractivity contribution >= 4 is 23.6 Å². The number of benzene rings is 1. The van der Waals surface area contributed by atoms with E-state index in [0.717, 1.165) is 25.7 Å². The Morgan fingerprint density at radius 2 is 1.83 bits per heavy atom. The maximum absolute atomic E-state index is 13.1. The van der Waals surface area contributed by atoms with Gasteiger partial charge in [0, 0.05) is 19.1 Å². The highest BCUT2D eigenvalue weighted by molar-refractivity contribution is 6.33. The van der Waals surface area contributed by atoms with Crippen LogP contribution in [-0.2, 0) is 0 Å². The number of carboxylic acid groups (broad SMARTS) is 1. The monoisotopic (exact) mass is 336 g/mol. The van der Waals surface area contributed by atoms with Gasteiger partial charge in [-0.15, -0.1) is 0 Å². The van der Waals surface area contributed by atoms with Gasteiger partial charge in [-0.25, -0.2) is 4.79 Å². The van der Waals surface area contributed by atoms with Crippen LogP contribution >= 0.6 is 11.6 Å². The Morgan fingerprint density at radius 3 is 2.43 bits per heavy atom. The maximum atomic E-state index is 13.1. The maximum Gasteiger partial charge on any atom is 0.407 e. The second kappa shape index (κ2) is 6.79. The molecule has 1 aromatic carbocycles. The lowest BCUT2D eigenvalue weighted by atomic mass is 10.1. The molecule has 2 aliphatic rings. The third-order valence-electron chi connectivity index (χ3n) is 4.88. The zero-order valence-corrected chi connectivity index (χ0v) is 13.7. The van der Waals surface area contributed by atoms with Gasteiger partial charge in [0.2, 0.25) is 0 Å². The number of amides is 2. The first kappa shape index (κ1) is 16.1. The molecular formula is C17H21ClN2O3. The van der Waals surface area contributed by atoms with Gasteiger partial charge in [0.25, 0.3) is 5.91 Å². The molecule has 5 nitrogen and oxygen atoms in total. The average Bonchev–Trinajstić information content (AvgIpc) is 3.20. The summed E-state index contributed by atoms with van der Waals surface area (Å²) in [5, 5.41) is 9.63. The molecule has 1 N–H and O–H groups in total. The summed E-state index contributed by atoms with van der Waals surface area (Å²) in [7, 11) is 0. The van der Waals surface area contributed by atoms with Crippen molar-refractivity contribution in [3.8, 4) is 0 Å². The average molecular weight is 337 g/mol. The third kappa shape index (κ3) is 3.29. The van der Waals surface area contributed by atoms with Crippen molar-refractivity contribution in [2.24, 2.45) is 0 Å². The number of nitrogens with zero attached hydrogens (tertiary/aromatic N) is 2. The highest BCUT2D eigenvalue weighted by Crippen LogP contribution is 2.31. The molecule has 1 saturated heterocycles. The molecule has 0 bridgehead atoms. The van der Waals surface area contributed by atoms with Crippen LogP contribution in [-0.4, -0.2) is 52.1 Å². The van der Waals surface area contributed by atoms with Crippen molar-refractivity contribution in [2.75, 3.05) is 13.1 Å². The molecule has 1 aliphatic carbocycles. The first-order chi connectivity index (χ1) is 11.1. The van der Waals surface area contributed by atoms with Crippen LogP contribution in [0.5, 0.6) is 0 Å². The lowest BCUT2D eigenvalue weighted by molar-refractivity contribution is 0.0579. The predicted molar refractivity (Wildman–Crippen MR) is 87.9 cm³/mol. The summed E-state index contributed by atoms with van der Waals surface area (Å²) in [6, 6.07) is 7.22. The van der Waals surface area contributed by atoms with E-state index in [0.29, 0.717) is 30.1 Å². The Balaban J connectivity index is 1.86. The number of likely N-dealkylation sites (tertiary alicyclic amines) is 1. The topological polar surface area (TPSA) is 60.9 Å². The van der Waals surface area contributed by atoms with Gasteiger partial charge in [-0.3, -0.25) is 4.79 Å². The minimum atomic E-state index is -0.913. The Bertz CT molecular complexity index is 601. The molecule has 3 rings (SSSR count). The van der Waals surface area contributed by atoms with Crippen LogP contribution in [0.2, 0.25) is 5.02 Å². The fourth-order valence-electron chi connectivity index (χ4n) is 3.73. The SMILES string of the molecule is O=C(O)N1CC[C@H](N(C(=O)c2ccccc2Cl)C2CCCC2)C1. The molecular weight excluding hydrogens is 316 g/mol. The molecule has 1 aliphatic heterocycles. The molecule has 1 aromatic rings. The molecule has 2 amide bonds. The van der Waals surface area contributed by atoms with Crippen molar-refractivity contribution in [2.45, 2.75) is 44.2 Å². The summed E-state index contributed by atoms with van der Waals surface area (Å²) in [6.07, 6.45) is 3.99. The number of hydrogen-bond acceptors (Lipinski definition) is 2. The Kier molecular flexibility index (Phi) is 4.76. The van der Waals surface area contributed by atoms with Crippen LogP contribution in [0.4, 0.5) is 4.79 Å². The van der Waals surface area contributed by atoms with Gasteiger partial charge in [-0.1, -0.05) is 36.6 Å². The zero-order valence-electron chi connectivity index (χ0n) is 12.9. The van der Waals surface area contributed by atoms with Crippen LogP contribution in [0.3, 0.4) is 0 Å². The van der Waals surface area contributed by atoms with E-state index in [-0.39, 0.29) is 18.0 Å². The van der Waals surface area contributed by atoms with Crippen molar-refractivity contribution < 1.29 is 14.7 Å². The number of hydrogen-bond donors (Lipinski definition) is 1. The standard InChI is InChI=1S/C17H21ClN2O3/c18-15-8-4-3-7-14(15)16(21)20(12-5-1-2-6-12)13-9-10-19(11-13)17(22)23/h3-4,7-8,12-13H,1-2,5-6,9-11H2,(H,22,23)/t13-/m0/s1. The molecule has 6 heteroatoms. The van der Waals surface area contributed by atoms with E-state index in [4.69, 9.17) is 11.6 Å². The largest absolute Gasteiger partial charge is 0.465 e. The highest BCUT2D eigenvalue weighted by Gasteiger charge is 2.38. The van der Waals surface area contributed by atoms with Crippen LogP contribution in [0, 0.1) is 0 Å². The summed E-state index contributed by atoms with van der Waals surface area (Å²) in [5.41, 5.74) is 0.509. The van der Waals surface area contributed by atoms with E-state index in [2.05, 4.69) is 0 Å². The molecule has 2 fully saturated rings. The fourth-order valence-corrected chi connectivity index (χ4v) is 3.95. The van der Waals surface area contributed by atoms with Gasteiger partial charge in [0.15, 0.2) is 0 Å². The van der Waals surface area contributed by atoms with Gasteiger partial charge in [0.1, 0.15) is 0 Å². The number of halogens is 1. The van der Waals surface area contributed by atoms with E-state index in [1.54, 1.807) is 18.2 Å². The van der Waals surface area contributed by atoms with Crippen molar-refractivity contribution in [1.82, 2.24) is 9.80 Å². The van der Waals surface area contributed by atoms with Crippen molar-refractivity contribution in [3.63, 3.8) is 0 Å². The number of carbonyl (C=O) groups is 2. The molecule has 1 atom stereocenters. The Morgan fingerprint density at radius 1 is 1.13 bits per heavy atom. The number of carbonyl (C=O) groups excluding carboxylic acids is 1. The molecule has 1 saturated carbocycles. The van der Waals surface area contributed by atoms with Crippen LogP contribution in [0.25, 0.3) is 0 Å². The third-order valence-corrected chi connectivity index (χ3v) is 5.21. The molecule has 124 valence electrons. The second-order valence-electron chi connectivity index (χ2n) is 6.30.